The fraction of sp³-hybridized carbons (Fsp3) is 0.286. The van der Waals surface area contributed by atoms with Crippen LogP contribution in [0.4, 0.5) is 5.69 Å². The van der Waals surface area contributed by atoms with Crippen LogP contribution < -0.4 is 25.2 Å². The van der Waals surface area contributed by atoms with Gasteiger partial charge in [0.15, 0.2) is 0 Å². The molecule has 3 aromatic rings. The molecule has 254 valence electrons. The van der Waals surface area contributed by atoms with Crippen LogP contribution in [-0.2, 0) is 38.1 Å². The number of aromatic nitrogens is 2. The van der Waals surface area contributed by atoms with Gasteiger partial charge in [-0.3, -0.25) is 38.0 Å². The predicted octanol–water partition coefficient (Wildman–Crippen LogP) is 1.39. The van der Waals surface area contributed by atoms with Crippen molar-refractivity contribution < 1.29 is 37.6 Å². The molecule has 2 aromatic heterocycles. The Kier molecular flexibility index (Phi) is 10.5. The van der Waals surface area contributed by atoms with E-state index in [0.29, 0.717) is 16.5 Å². The maximum absolute atomic E-state index is 13.7. The Morgan fingerprint density at radius 1 is 0.958 bits per heavy atom. The van der Waals surface area contributed by atoms with Gasteiger partial charge in [-0.1, -0.05) is 54.8 Å². The number of anilines is 1. The highest BCUT2D eigenvalue weighted by molar-refractivity contribution is 8.30. The number of aliphatic carboxylic acids is 2. The van der Waals surface area contributed by atoms with Crippen molar-refractivity contribution in [3.63, 3.8) is 0 Å². The molecule has 0 radical (unpaired) electrons. The third-order valence-electron chi connectivity index (χ3n) is 7.10. The monoisotopic (exact) mass is 770 g/mol. The Morgan fingerprint density at radius 3 is 2.29 bits per heavy atom. The van der Waals surface area contributed by atoms with Gasteiger partial charge < -0.3 is 19.7 Å². The van der Waals surface area contributed by atoms with Gasteiger partial charge in [0.1, 0.15) is 36.2 Å². The van der Waals surface area contributed by atoms with Crippen LogP contribution >= 0.6 is 58.4 Å². The van der Waals surface area contributed by atoms with Crippen LogP contribution in [0.15, 0.2) is 49.9 Å². The Hall–Kier alpha value is -3.53. The molecule has 0 aliphatic carbocycles. The first-order chi connectivity index (χ1) is 22.6. The third kappa shape index (κ3) is 7.24. The van der Waals surface area contributed by atoms with Crippen molar-refractivity contribution in [1.82, 2.24) is 14.0 Å². The van der Waals surface area contributed by atoms with E-state index in [1.165, 1.54) is 23.4 Å². The van der Waals surface area contributed by atoms with Gasteiger partial charge in [0.25, 0.3) is 27.1 Å². The number of amides is 1. The number of para-hydroxylation sites is 1. The lowest BCUT2D eigenvalue weighted by Crippen LogP contribution is -2.35. The second-order valence-electron chi connectivity index (χ2n) is 10.3. The maximum atomic E-state index is 13.7. The number of carbonyl (C=O) groups is 3. The Labute approximate surface area is 293 Å². The number of thioether (sulfide) groups is 2. The minimum absolute atomic E-state index is 0.0168. The summed E-state index contributed by atoms with van der Waals surface area (Å²) in [5.41, 5.74) is 0.333. The van der Waals surface area contributed by atoms with E-state index in [0.717, 1.165) is 59.5 Å². The van der Waals surface area contributed by atoms with Crippen LogP contribution in [-0.4, -0.2) is 78.2 Å². The van der Waals surface area contributed by atoms with Gasteiger partial charge >= 0.3 is 11.9 Å². The van der Waals surface area contributed by atoms with E-state index in [-0.39, 0.29) is 36.0 Å². The average Bonchev–Trinajstić information content (AvgIpc) is 3.69. The molecule has 0 atom stereocenters. The minimum atomic E-state index is -4.16. The molecular weight excluding hydrogens is 745 g/mol. The largest absolute Gasteiger partial charge is 0.480 e. The molecule has 2 aliphatic heterocycles. The predicted molar refractivity (Wildman–Crippen MR) is 188 cm³/mol. The SMILES string of the molecule is CCC(/C=C1\Sc2ccccc2N1CCCS(=O)(=O)O)=c1\s/c(=c2/s/c(=C3/SC(=S)N(CC(=O)O)C3=O)n(CC(=O)O)c2=O)n(C)c1=O. The van der Waals surface area contributed by atoms with Crippen molar-refractivity contribution >= 4 is 107 Å². The molecule has 4 heterocycles. The molecule has 1 saturated heterocycles. The summed E-state index contributed by atoms with van der Waals surface area (Å²) < 4.78 is 34.7. The fourth-order valence-corrected chi connectivity index (χ4v) is 10.5. The van der Waals surface area contributed by atoms with Crippen LogP contribution in [0.5, 0.6) is 0 Å². The van der Waals surface area contributed by atoms with Gasteiger partial charge in [0, 0.05) is 18.5 Å². The summed E-state index contributed by atoms with van der Waals surface area (Å²) in [4.78, 5) is 67.1. The van der Waals surface area contributed by atoms with Crippen molar-refractivity contribution in [1.29, 1.82) is 0 Å². The summed E-state index contributed by atoms with van der Waals surface area (Å²) in [5.74, 6) is -3.85. The van der Waals surface area contributed by atoms with E-state index in [2.05, 4.69) is 0 Å². The first-order valence-electron chi connectivity index (χ1n) is 14.0. The van der Waals surface area contributed by atoms with Crippen molar-refractivity contribution in [3.8, 4) is 0 Å². The summed E-state index contributed by atoms with van der Waals surface area (Å²) >= 11 is 9.23. The van der Waals surface area contributed by atoms with Gasteiger partial charge in [-0.15, -0.1) is 22.7 Å². The Balaban J connectivity index is 1.72. The first kappa shape index (κ1) is 35.8. The fourth-order valence-electron chi connectivity index (χ4n) is 4.92. The van der Waals surface area contributed by atoms with Gasteiger partial charge in [-0.25, -0.2) is 0 Å². The molecule has 0 spiro atoms. The van der Waals surface area contributed by atoms with E-state index < -0.39 is 57.9 Å². The number of carbonyl (C=O) groups excluding carboxylic acids is 1. The normalized spacial score (nSPS) is 18.2. The number of fused-ring (bicyclic) bond motifs is 1. The first-order valence-corrected chi connectivity index (χ1v) is 19.3. The Morgan fingerprint density at radius 2 is 1.65 bits per heavy atom. The zero-order chi connectivity index (χ0) is 35.1. The second-order valence-corrected chi connectivity index (χ2v) is 16.6. The molecule has 0 unspecified atom stereocenters. The standard InChI is InChI=1S/C28H26N4O10S6/c1-3-14(11-17-30(9-6-10-48(40,41)42)15-7-4-5-8-16(15)44-17)20-23(37)29(2)26(45-20)21-24(38)31(12-18(33)34)27(46-21)22-25(39)32(13-19(35)36)28(43)47-22/h4-5,7-8,11H,3,6,9-10,12-13H2,1-2H3,(H,33,34)(H,35,36)(H,40,41,42)/b17-11-,20-14+,26-21+,27-22+. The average molecular weight is 771 g/mol. The molecule has 5 rings (SSSR count). The molecule has 14 nitrogen and oxygen atoms in total. The number of thiazole rings is 2. The molecule has 1 amide bonds. The Bertz CT molecular complexity index is 2370. The molecule has 0 saturated carbocycles. The lowest BCUT2D eigenvalue weighted by molar-refractivity contribution is -0.140. The molecule has 48 heavy (non-hydrogen) atoms. The minimum Gasteiger partial charge on any atom is -0.480 e. The maximum Gasteiger partial charge on any atom is 0.323 e. The number of hydrogen-bond donors (Lipinski definition) is 3. The molecule has 2 aliphatic rings. The topological polar surface area (TPSA) is 197 Å². The van der Waals surface area contributed by atoms with Crippen LogP contribution in [0.1, 0.15) is 19.8 Å². The number of carboxylic acids is 2. The van der Waals surface area contributed by atoms with Crippen LogP contribution in [0.2, 0.25) is 0 Å². The summed E-state index contributed by atoms with van der Waals surface area (Å²) in [6.07, 6.45) is 2.39. The van der Waals surface area contributed by atoms with Gasteiger partial charge in [0.05, 0.1) is 21.0 Å². The highest BCUT2D eigenvalue weighted by Crippen LogP contribution is 2.46. The van der Waals surface area contributed by atoms with Crippen molar-refractivity contribution in [3.05, 3.63) is 74.5 Å². The lowest BCUT2D eigenvalue weighted by Gasteiger charge is -2.20. The highest BCUT2D eigenvalue weighted by Gasteiger charge is 2.35. The van der Waals surface area contributed by atoms with E-state index in [9.17, 15) is 47.2 Å². The number of thiocarbonyl (C=S) groups is 1. The molecule has 20 heteroatoms. The van der Waals surface area contributed by atoms with E-state index in [4.69, 9.17) is 12.2 Å². The van der Waals surface area contributed by atoms with Gasteiger partial charge in [0.2, 0.25) is 0 Å². The van der Waals surface area contributed by atoms with E-state index in [1.807, 2.05) is 42.2 Å². The molecular formula is C28H26N4O10S6. The zero-order valence-corrected chi connectivity index (χ0v) is 30.0. The van der Waals surface area contributed by atoms with E-state index in [1.54, 1.807) is 0 Å². The quantitative estimate of drug-likeness (QED) is 0.198. The van der Waals surface area contributed by atoms with Crippen LogP contribution in [0, 0.1) is 9.20 Å². The number of allylic oxidation sites excluding steroid dienone is 1. The van der Waals surface area contributed by atoms with Crippen molar-refractivity contribution in [2.75, 3.05) is 23.7 Å². The van der Waals surface area contributed by atoms with Crippen molar-refractivity contribution in [2.24, 2.45) is 7.05 Å². The summed E-state index contributed by atoms with van der Waals surface area (Å²) in [6, 6.07) is 7.53. The van der Waals surface area contributed by atoms with Gasteiger partial charge in [-0.2, -0.15) is 8.42 Å². The zero-order valence-electron chi connectivity index (χ0n) is 25.1. The van der Waals surface area contributed by atoms with Crippen LogP contribution in [0.25, 0.3) is 10.5 Å². The summed E-state index contributed by atoms with van der Waals surface area (Å²) in [5, 5.41) is 19.5. The third-order valence-corrected chi connectivity index (χ3v) is 13.2. The van der Waals surface area contributed by atoms with E-state index >= 15 is 0 Å². The number of carboxylic acid groups (broad SMARTS) is 2. The second kappa shape index (κ2) is 14.1. The molecule has 1 fully saturated rings. The number of benzene rings is 1. The highest BCUT2D eigenvalue weighted by atomic mass is 32.2. The lowest BCUT2D eigenvalue weighted by atomic mass is 10.2. The number of hydrogen-bond acceptors (Lipinski definition) is 13. The molecule has 3 N–H and O–H groups in total. The van der Waals surface area contributed by atoms with Gasteiger partial charge in [-0.05, 0) is 36.6 Å². The molecule has 1 aromatic carbocycles. The number of nitrogens with zero attached hydrogens (tertiary/aromatic N) is 4. The summed E-state index contributed by atoms with van der Waals surface area (Å²) in [6.45, 7) is 0.647. The molecule has 0 bridgehead atoms. The van der Waals surface area contributed by atoms with Crippen molar-refractivity contribution in [2.45, 2.75) is 31.2 Å². The summed E-state index contributed by atoms with van der Waals surface area (Å²) in [7, 11) is -2.68. The van der Waals surface area contributed by atoms with Crippen LogP contribution in [0.3, 0.4) is 0 Å². The number of rotatable bonds is 10. The smallest absolute Gasteiger partial charge is 0.323 e.